The minimum atomic E-state index is 0.00827. The SMILES string of the molecule is O=CCC(Cn1cncc1-c1ccccc1)c1ccc(Cl)c(Cl)c1. The predicted octanol–water partition coefficient (Wildman–Crippen LogP) is 5.23. The largest absolute Gasteiger partial charge is 0.330 e. The van der Waals surface area contributed by atoms with Crippen molar-refractivity contribution in [2.24, 2.45) is 0 Å². The van der Waals surface area contributed by atoms with Gasteiger partial charge in [0.2, 0.25) is 0 Å². The number of rotatable bonds is 6. The number of hydrogen-bond donors (Lipinski definition) is 0. The molecule has 1 aromatic heterocycles. The lowest BCUT2D eigenvalue weighted by atomic mass is 9.96. The summed E-state index contributed by atoms with van der Waals surface area (Å²) in [5.74, 6) is 0.00827. The van der Waals surface area contributed by atoms with Gasteiger partial charge in [0.15, 0.2) is 0 Å². The van der Waals surface area contributed by atoms with Gasteiger partial charge in [-0.2, -0.15) is 0 Å². The van der Waals surface area contributed by atoms with Gasteiger partial charge in [-0.05, 0) is 23.3 Å². The molecule has 0 bridgehead atoms. The van der Waals surface area contributed by atoms with Crippen LogP contribution in [0.3, 0.4) is 0 Å². The topological polar surface area (TPSA) is 34.9 Å². The number of benzene rings is 2. The van der Waals surface area contributed by atoms with Gasteiger partial charge in [-0.1, -0.05) is 59.6 Å². The molecule has 3 aromatic rings. The van der Waals surface area contributed by atoms with E-state index in [4.69, 9.17) is 23.2 Å². The average Bonchev–Trinajstić information content (AvgIpc) is 3.06. The second-order valence-corrected chi connectivity index (χ2v) is 6.38. The molecule has 0 amide bonds. The molecule has 122 valence electrons. The van der Waals surface area contributed by atoms with Crippen LogP contribution >= 0.6 is 23.2 Å². The monoisotopic (exact) mass is 358 g/mol. The molecule has 3 rings (SSSR count). The zero-order valence-electron chi connectivity index (χ0n) is 12.9. The fourth-order valence-corrected chi connectivity index (χ4v) is 3.06. The van der Waals surface area contributed by atoms with Gasteiger partial charge in [-0.25, -0.2) is 4.98 Å². The zero-order valence-corrected chi connectivity index (χ0v) is 14.4. The van der Waals surface area contributed by atoms with Crippen LogP contribution in [0.1, 0.15) is 17.9 Å². The summed E-state index contributed by atoms with van der Waals surface area (Å²) in [7, 11) is 0. The van der Waals surface area contributed by atoms with Gasteiger partial charge in [0.1, 0.15) is 6.29 Å². The number of carbonyl (C=O) groups excluding carboxylic acids is 1. The second kappa shape index (κ2) is 7.65. The van der Waals surface area contributed by atoms with Gasteiger partial charge in [0, 0.05) is 18.9 Å². The molecule has 0 aliphatic heterocycles. The zero-order chi connectivity index (χ0) is 16.9. The first-order chi connectivity index (χ1) is 11.7. The molecule has 0 aliphatic rings. The number of halogens is 2. The quantitative estimate of drug-likeness (QED) is 0.565. The molecule has 5 heteroatoms. The Labute approximate surface area is 150 Å². The molecular formula is C19H16Cl2N2O. The van der Waals surface area contributed by atoms with E-state index in [2.05, 4.69) is 9.55 Å². The molecule has 0 fully saturated rings. The lowest BCUT2D eigenvalue weighted by Crippen LogP contribution is -2.10. The third kappa shape index (κ3) is 3.69. The molecule has 0 N–H and O–H groups in total. The highest BCUT2D eigenvalue weighted by molar-refractivity contribution is 6.42. The Bertz CT molecular complexity index is 830. The molecule has 2 aromatic carbocycles. The summed E-state index contributed by atoms with van der Waals surface area (Å²) in [5, 5.41) is 1.01. The molecular weight excluding hydrogens is 343 g/mol. The van der Waals surface area contributed by atoms with Crippen LogP contribution in [0.15, 0.2) is 61.1 Å². The van der Waals surface area contributed by atoms with Crippen molar-refractivity contribution in [1.82, 2.24) is 9.55 Å². The van der Waals surface area contributed by atoms with Gasteiger partial charge in [-0.15, -0.1) is 0 Å². The second-order valence-electron chi connectivity index (χ2n) is 5.57. The standard InChI is InChI=1S/C19H16Cl2N2O/c20-17-7-6-15(10-18(17)21)16(8-9-24)12-23-13-22-11-19(23)14-4-2-1-3-5-14/h1-7,9-11,13,16H,8,12H2. The number of hydrogen-bond acceptors (Lipinski definition) is 2. The third-order valence-electron chi connectivity index (χ3n) is 3.99. The van der Waals surface area contributed by atoms with E-state index in [1.165, 1.54) is 0 Å². The number of carbonyl (C=O) groups is 1. The van der Waals surface area contributed by atoms with Gasteiger partial charge in [0.25, 0.3) is 0 Å². The van der Waals surface area contributed by atoms with Crippen LogP contribution in [0.25, 0.3) is 11.3 Å². The van der Waals surface area contributed by atoms with Crippen LogP contribution in [0.2, 0.25) is 10.0 Å². The van der Waals surface area contributed by atoms with E-state index in [0.717, 1.165) is 23.1 Å². The van der Waals surface area contributed by atoms with Crippen LogP contribution in [0, 0.1) is 0 Å². The first-order valence-corrected chi connectivity index (χ1v) is 8.38. The maximum Gasteiger partial charge on any atom is 0.120 e. The summed E-state index contributed by atoms with van der Waals surface area (Å²) in [5.41, 5.74) is 3.10. The first kappa shape index (κ1) is 16.7. The molecule has 0 aliphatic carbocycles. The Morgan fingerprint density at radius 3 is 2.58 bits per heavy atom. The van der Waals surface area contributed by atoms with Crippen molar-refractivity contribution in [3.8, 4) is 11.3 Å². The molecule has 0 saturated carbocycles. The predicted molar refractivity (Wildman–Crippen MR) is 97.5 cm³/mol. The van der Waals surface area contributed by atoms with E-state index in [-0.39, 0.29) is 5.92 Å². The molecule has 1 unspecified atom stereocenters. The third-order valence-corrected chi connectivity index (χ3v) is 4.73. The summed E-state index contributed by atoms with van der Waals surface area (Å²) in [4.78, 5) is 15.4. The fourth-order valence-electron chi connectivity index (χ4n) is 2.75. The van der Waals surface area contributed by atoms with Crippen molar-refractivity contribution in [3.63, 3.8) is 0 Å². The summed E-state index contributed by atoms with van der Waals surface area (Å²) in [6.45, 7) is 0.640. The minimum absolute atomic E-state index is 0.00827. The highest BCUT2D eigenvalue weighted by atomic mass is 35.5. The molecule has 0 spiro atoms. The maximum absolute atomic E-state index is 11.1. The molecule has 1 atom stereocenters. The van der Waals surface area contributed by atoms with Crippen LogP contribution in [0.5, 0.6) is 0 Å². The fraction of sp³-hybridized carbons (Fsp3) is 0.158. The Morgan fingerprint density at radius 1 is 1.08 bits per heavy atom. The van der Waals surface area contributed by atoms with Crippen LogP contribution in [0.4, 0.5) is 0 Å². The lowest BCUT2D eigenvalue weighted by Gasteiger charge is -2.18. The van der Waals surface area contributed by atoms with E-state index in [1.54, 1.807) is 12.4 Å². The number of aldehydes is 1. The van der Waals surface area contributed by atoms with E-state index in [0.29, 0.717) is 23.0 Å². The highest BCUT2D eigenvalue weighted by Crippen LogP contribution is 2.30. The first-order valence-electron chi connectivity index (χ1n) is 7.63. The summed E-state index contributed by atoms with van der Waals surface area (Å²) >= 11 is 12.1. The van der Waals surface area contributed by atoms with Crippen LogP contribution in [-0.2, 0) is 11.3 Å². The Hall–Kier alpha value is -2.10. The molecule has 0 radical (unpaired) electrons. The Kier molecular flexibility index (Phi) is 5.34. The number of imidazole rings is 1. The molecule has 3 nitrogen and oxygen atoms in total. The Balaban J connectivity index is 1.91. The summed E-state index contributed by atoms with van der Waals surface area (Å²) in [6.07, 6.45) is 4.97. The van der Waals surface area contributed by atoms with Crippen LogP contribution < -0.4 is 0 Å². The van der Waals surface area contributed by atoms with Crippen molar-refractivity contribution < 1.29 is 4.79 Å². The van der Waals surface area contributed by atoms with Gasteiger partial charge >= 0.3 is 0 Å². The van der Waals surface area contributed by atoms with Crippen LogP contribution in [-0.4, -0.2) is 15.8 Å². The lowest BCUT2D eigenvalue weighted by molar-refractivity contribution is -0.108. The van der Waals surface area contributed by atoms with Gasteiger partial charge < -0.3 is 9.36 Å². The smallest absolute Gasteiger partial charge is 0.120 e. The van der Waals surface area contributed by atoms with E-state index < -0.39 is 0 Å². The summed E-state index contributed by atoms with van der Waals surface area (Å²) < 4.78 is 2.06. The van der Waals surface area contributed by atoms with Crippen molar-refractivity contribution in [1.29, 1.82) is 0 Å². The van der Waals surface area contributed by atoms with E-state index in [1.807, 2.05) is 48.7 Å². The van der Waals surface area contributed by atoms with Gasteiger partial charge in [0.05, 0.1) is 28.3 Å². The van der Waals surface area contributed by atoms with E-state index in [9.17, 15) is 4.79 Å². The van der Waals surface area contributed by atoms with Crippen molar-refractivity contribution >= 4 is 29.5 Å². The van der Waals surface area contributed by atoms with Gasteiger partial charge in [-0.3, -0.25) is 0 Å². The minimum Gasteiger partial charge on any atom is -0.330 e. The highest BCUT2D eigenvalue weighted by Gasteiger charge is 2.16. The number of nitrogens with zero attached hydrogens (tertiary/aromatic N) is 2. The maximum atomic E-state index is 11.1. The number of aromatic nitrogens is 2. The average molecular weight is 359 g/mol. The molecule has 24 heavy (non-hydrogen) atoms. The molecule has 0 saturated heterocycles. The van der Waals surface area contributed by atoms with Crippen molar-refractivity contribution in [3.05, 3.63) is 76.7 Å². The van der Waals surface area contributed by atoms with E-state index >= 15 is 0 Å². The summed E-state index contributed by atoms with van der Waals surface area (Å²) in [6, 6.07) is 15.6. The van der Waals surface area contributed by atoms with Crippen molar-refractivity contribution in [2.75, 3.05) is 0 Å². The van der Waals surface area contributed by atoms with Crippen molar-refractivity contribution in [2.45, 2.75) is 18.9 Å². The molecule has 1 heterocycles. The Morgan fingerprint density at radius 2 is 1.88 bits per heavy atom. The normalized spacial score (nSPS) is 12.1.